The van der Waals surface area contributed by atoms with E-state index in [9.17, 15) is 4.79 Å². The maximum atomic E-state index is 13.3. The highest BCUT2D eigenvalue weighted by Crippen LogP contribution is 2.32. The van der Waals surface area contributed by atoms with Crippen LogP contribution in [0.15, 0.2) is 41.3 Å². The molecule has 180 valence electrons. The van der Waals surface area contributed by atoms with Crippen LogP contribution >= 0.6 is 35.5 Å². The molecular weight excluding hydrogens is 474 g/mol. The molecule has 1 amide bonds. The van der Waals surface area contributed by atoms with E-state index in [2.05, 4.69) is 44.7 Å². The number of aromatic nitrogens is 1. The molecule has 0 saturated heterocycles. The van der Waals surface area contributed by atoms with Gasteiger partial charge >= 0.3 is 0 Å². The Kier molecular flexibility index (Phi) is 11.0. The minimum atomic E-state index is 0. The van der Waals surface area contributed by atoms with Gasteiger partial charge in [-0.2, -0.15) is 0 Å². The molecule has 0 unspecified atom stereocenters. The molecule has 0 saturated carbocycles. The van der Waals surface area contributed by atoms with Gasteiger partial charge in [-0.3, -0.25) is 9.69 Å². The number of thioether (sulfide) groups is 1. The van der Waals surface area contributed by atoms with Crippen LogP contribution in [-0.2, 0) is 4.79 Å². The van der Waals surface area contributed by atoms with Gasteiger partial charge in [-0.25, -0.2) is 4.98 Å². The number of amides is 1. The van der Waals surface area contributed by atoms with Gasteiger partial charge in [0.1, 0.15) is 5.75 Å². The Balaban J connectivity index is 0.00000385. The standard InChI is InChI=1S/C25H33N3O2S2.ClH/c1-6-27(7-2)13-14-28(25-26-22-17-18(3)16-19(4)24(22)32-25)23(29)12-15-31-21-10-8-20(30-5)9-11-21;/h8-11,16-17H,6-7,12-15H2,1-5H3;1H. The van der Waals surface area contributed by atoms with Crippen molar-refractivity contribution in [3.63, 3.8) is 0 Å². The summed E-state index contributed by atoms with van der Waals surface area (Å²) in [6.45, 7) is 12.0. The number of hydrogen-bond acceptors (Lipinski definition) is 6. The van der Waals surface area contributed by atoms with E-state index in [1.807, 2.05) is 29.2 Å². The molecule has 0 aliphatic rings. The molecule has 33 heavy (non-hydrogen) atoms. The van der Waals surface area contributed by atoms with Crippen molar-refractivity contribution in [1.82, 2.24) is 9.88 Å². The van der Waals surface area contributed by atoms with Gasteiger partial charge in [0, 0.05) is 30.2 Å². The van der Waals surface area contributed by atoms with Crippen molar-refractivity contribution in [3.8, 4) is 5.75 Å². The first-order valence-electron chi connectivity index (χ1n) is 11.1. The predicted octanol–water partition coefficient (Wildman–Crippen LogP) is 6.20. The molecular formula is C25H34ClN3O2S2. The molecule has 0 spiro atoms. The fraction of sp³-hybridized carbons (Fsp3) is 0.440. The number of carbonyl (C=O) groups is 1. The lowest BCUT2D eigenvalue weighted by molar-refractivity contribution is -0.118. The molecule has 5 nitrogen and oxygen atoms in total. The molecule has 0 radical (unpaired) electrons. The SMILES string of the molecule is CCN(CC)CCN(C(=O)CCSc1ccc(OC)cc1)c1nc2cc(C)cc(C)c2s1.Cl. The Hall–Kier alpha value is -1.80. The second-order valence-corrected chi connectivity index (χ2v) is 9.92. The van der Waals surface area contributed by atoms with Crippen LogP contribution in [0.4, 0.5) is 5.13 Å². The summed E-state index contributed by atoms with van der Waals surface area (Å²) in [5, 5.41) is 0.806. The summed E-state index contributed by atoms with van der Waals surface area (Å²) in [7, 11) is 1.67. The number of halogens is 1. The quantitative estimate of drug-likeness (QED) is 0.289. The van der Waals surface area contributed by atoms with E-state index in [4.69, 9.17) is 9.72 Å². The fourth-order valence-corrected chi connectivity index (χ4v) is 5.55. The first-order chi connectivity index (χ1) is 15.4. The molecule has 2 aromatic carbocycles. The number of benzene rings is 2. The number of hydrogen-bond donors (Lipinski definition) is 0. The molecule has 0 bridgehead atoms. The van der Waals surface area contributed by atoms with Gasteiger partial charge < -0.3 is 9.64 Å². The molecule has 0 aliphatic carbocycles. The van der Waals surface area contributed by atoms with Crippen molar-refractivity contribution in [2.45, 2.75) is 39.0 Å². The van der Waals surface area contributed by atoms with E-state index in [0.717, 1.165) is 46.7 Å². The van der Waals surface area contributed by atoms with Crippen LogP contribution in [0.1, 0.15) is 31.4 Å². The van der Waals surface area contributed by atoms with E-state index in [1.165, 1.54) is 15.8 Å². The monoisotopic (exact) mass is 507 g/mol. The molecule has 0 aliphatic heterocycles. The lowest BCUT2D eigenvalue weighted by Gasteiger charge is -2.24. The Morgan fingerprint density at radius 1 is 1.09 bits per heavy atom. The number of rotatable bonds is 11. The van der Waals surface area contributed by atoms with Crippen molar-refractivity contribution in [3.05, 3.63) is 47.5 Å². The summed E-state index contributed by atoms with van der Waals surface area (Å²) in [5.74, 6) is 1.71. The summed E-state index contributed by atoms with van der Waals surface area (Å²) >= 11 is 3.32. The Labute approximate surface area is 211 Å². The lowest BCUT2D eigenvalue weighted by atomic mass is 10.1. The Morgan fingerprint density at radius 3 is 2.42 bits per heavy atom. The molecule has 1 heterocycles. The average molecular weight is 508 g/mol. The number of anilines is 1. The molecule has 3 aromatic rings. The van der Waals surface area contributed by atoms with Gasteiger partial charge in [-0.1, -0.05) is 31.3 Å². The van der Waals surface area contributed by atoms with Crippen LogP contribution in [-0.4, -0.2) is 54.8 Å². The third-order valence-electron chi connectivity index (χ3n) is 5.52. The largest absolute Gasteiger partial charge is 0.497 e. The van der Waals surface area contributed by atoms with E-state index in [-0.39, 0.29) is 18.3 Å². The van der Waals surface area contributed by atoms with Crippen molar-refractivity contribution >= 4 is 56.8 Å². The summed E-state index contributed by atoms with van der Waals surface area (Å²) in [5.41, 5.74) is 3.40. The third-order valence-corrected chi connectivity index (χ3v) is 7.76. The summed E-state index contributed by atoms with van der Waals surface area (Å²) in [4.78, 5) is 23.5. The van der Waals surface area contributed by atoms with Crippen LogP contribution in [0.2, 0.25) is 0 Å². The van der Waals surface area contributed by atoms with Crippen molar-refractivity contribution in [2.24, 2.45) is 0 Å². The smallest absolute Gasteiger partial charge is 0.229 e. The molecule has 8 heteroatoms. The highest BCUT2D eigenvalue weighted by molar-refractivity contribution is 7.99. The first-order valence-corrected chi connectivity index (χ1v) is 12.9. The van der Waals surface area contributed by atoms with E-state index in [0.29, 0.717) is 13.0 Å². The van der Waals surface area contributed by atoms with Crippen LogP contribution in [0.5, 0.6) is 5.75 Å². The number of ether oxygens (including phenoxy) is 1. The average Bonchev–Trinajstić information content (AvgIpc) is 3.21. The third kappa shape index (κ3) is 7.34. The summed E-state index contributed by atoms with van der Waals surface area (Å²) in [6, 6.07) is 12.3. The van der Waals surface area contributed by atoms with E-state index >= 15 is 0 Å². The molecule has 0 fully saturated rings. The van der Waals surface area contributed by atoms with Gasteiger partial charge in [0.2, 0.25) is 5.91 Å². The maximum absolute atomic E-state index is 13.3. The number of likely N-dealkylation sites (N-methyl/N-ethyl adjacent to an activating group) is 1. The van der Waals surface area contributed by atoms with Crippen molar-refractivity contribution in [1.29, 1.82) is 0 Å². The van der Waals surface area contributed by atoms with Crippen molar-refractivity contribution < 1.29 is 9.53 Å². The van der Waals surface area contributed by atoms with Gasteiger partial charge in [0.05, 0.1) is 17.3 Å². The second kappa shape index (κ2) is 13.2. The number of carbonyl (C=O) groups excluding carboxylic acids is 1. The zero-order valence-electron chi connectivity index (χ0n) is 20.1. The number of fused-ring (bicyclic) bond motifs is 1. The normalized spacial score (nSPS) is 11.0. The van der Waals surface area contributed by atoms with Crippen LogP contribution in [0.25, 0.3) is 10.2 Å². The van der Waals surface area contributed by atoms with Crippen molar-refractivity contribution in [2.75, 3.05) is 43.9 Å². The highest BCUT2D eigenvalue weighted by Gasteiger charge is 2.21. The Morgan fingerprint density at radius 2 is 1.79 bits per heavy atom. The fourth-order valence-electron chi connectivity index (χ4n) is 3.65. The molecule has 3 rings (SSSR count). The number of methoxy groups -OCH3 is 1. The zero-order chi connectivity index (χ0) is 23.1. The summed E-state index contributed by atoms with van der Waals surface area (Å²) < 4.78 is 6.38. The topological polar surface area (TPSA) is 45.7 Å². The van der Waals surface area contributed by atoms with Crippen LogP contribution < -0.4 is 9.64 Å². The Bertz CT molecular complexity index is 1040. The number of nitrogens with zero attached hydrogens (tertiary/aromatic N) is 3. The lowest BCUT2D eigenvalue weighted by Crippen LogP contribution is -2.39. The summed E-state index contributed by atoms with van der Waals surface area (Å²) in [6.07, 6.45) is 0.475. The van der Waals surface area contributed by atoms with Gasteiger partial charge in [-0.15, -0.1) is 24.2 Å². The first kappa shape index (κ1) is 27.4. The minimum Gasteiger partial charge on any atom is -0.497 e. The number of aryl methyl sites for hydroxylation is 2. The van der Waals surface area contributed by atoms with Crippen LogP contribution in [0.3, 0.4) is 0 Å². The van der Waals surface area contributed by atoms with E-state index < -0.39 is 0 Å². The molecule has 0 atom stereocenters. The predicted molar refractivity (Wildman–Crippen MR) is 145 cm³/mol. The van der Waals surface area contributed by atoms with Crippen LogP contribution in [0, 0.1) is 13.8 Å². The highest BCUT2D eigenvalue weighted by atomic mass is 35.5. The van der Waals surface area contributed by atoms with Gasteiger partial charge in [0.25, 0.3) is 0 Å². The number of thiazole rings is 1. The molecule has 1 aromatic heterocycles. The van der Waals surface area contributed by atoms with E-state index in [1.54, 1.807) is 30.2 Å². The minimum absolute atomic E-state index is 0. The zero-order valence-corrected chi connectivity index (χ0v) is 22.5. The second-order valence-electron chi connectivity index (χ2n) is 7.77. The van der Waals surface area contributed by atoms with Gasteiger partial charge in [-0.05, 0) is 68.4 Å². The maximum Gasteiger partial charge on any atom is 0.229 e. The van der Waals surface area contributed by atoms with Gasteiger partial charge in [0.15, 0.2) is 5.13 Å². The molecule has 0 N–H and O–H groups in total.